The number of nitrogens with two attached hydrogens (primary N) is 2. The second kappa shape index (κ2) is 17.2. The number of anilines is 2. The summed E-state index contributed by atoms with van der Waals surface area (Å²) in [6.45, 7) is 7.48. The summed E-state index contributed by atoms with van der Waals surface area (Å²) >= 11 is 0. The number of piperazine rings is 1. The number of benzene rings is 2. The Morgan fingerprint density at radius 1 is 1.06 bits per heavy atom. The van der Waals surface area contributed by atoms with Crippen LogP contribution in [-0.2, 0) is 22.7 Å². The fraction of sp³-hybridized carbons (Fsp3) is 0.417. The van der Waals surface area contributed by atoms with Crippen LogP contribution < -0.4 is 32.4 Å². The van der Waals surface area contributed by atoms with Crippen LogP contribution in [0.15, 0.2) is 53.6 Å². The van der Waals surface area contributed by atoms with E-state index in [2.05, 4.69) is 20.9 Å². The van der Waals surface area contributed by atoms with Gasteiger partial charge in [0.1, 0.15) is 24.0 Å². The summed E-state index contributed by atoms with van der Waals surface area (Å²) in [5, 5.41) is 23.1. The van der Waals surface area contributed by atoms with E-state index in [1.807, 2.05) is 13.8 Å². The number of nitrogens with one attached hydrogen (secondary N) is 2. The molecule has 0 spiro atoms. The zero-order valence-corrected chi connectivity index (χ0v) is 30.3. The molecule has 288 valence electrons. The molecule has 3 heterocycles. The lowest BCUT2D eigenvalue weighted by Crippen LogP contribution is -2.49. The van der Waals surface area contributed by atoms with Gasteiger partial charge in [0.15, 0.2) is 0 Å². The number of amides is 4. The van der Waals surface area contributed by atoms with Crippen LogP contribution in [0.3, 0.4) is 0 Å². The number of rotatable bonds is 14. The van der Waals surface area contributed by atoms with Crippen molar-refractivity contribution in [1.82, 2.24) is 29.8 Å². The summed E-state index contributed by atoms with van der Waals surface area (Å²) in [4.78, 5) is 65.0. The molecule has 0 bridgehead atoms. The summed E-state index contributed by atoms with van der Waals surface area (Å²) < 4.78 is 23.9. The van der Waals surface area contributed by atoms with E-state index >= 15 is 4.39 Å². The first-order valence-corrected chi connectivity index (χ1v) is 17.6. The Labute approximate surface area is 310 Å². The first-order valence-electron chi connectivity index (χ1n) is 17.6. The second-order valence-corrected chi connectivity index (χ2v) is 13.3. The number of carbonyl (C=O) groups is 4. The number of ether oxygens (including phenoxy) is 1. The molecule has 1 aliphatic heterocycles. The molecule has 17 nitrogen and oxygen atoms in total. The molecular weight excluding hydrogens is 703 g/mol. The van der Waals surface area contributed by atoms with Gasteiger partial charge in [-0.05, 0) is 55.5 Å². The second-order valence-electron chi connectivity index (χ2n) is 13.3. The highest BCUT2D eigenvalue weighted by molar-refractivity contribution is 5.94. The van der Waals surface area contributed by atoms with Crippen molar-refractivity contribution >= 4 is 46.3 Å². The zero-order valence-electron chi connectivity index (χ0n) is 30.3. The van der Waals surface area contributed by atoms with Crippen molar-refractivity contribution in [3.8, 4) is 0 Å². The maximum absolute atomic E-state index is 15.3. The molecule has 5 rings (SSSR count). The van der Waals surface area contributed by atoms with Crippen molar-refractivity contribution in [2.75, 3.05) is 42.9 Å². The monoisotopic (exact) mass is 748 g/mol. The lowest BCUT2D eigenvalue weighted by atomic mass is 10.0. The quantitative estimate of drug-likeness (QED) is 0.118. The summed E-state index contributed by atoms with van der Waals surface area (Å²) in [7, 11) is 0. The van der Waals surface area contributed by atoms with Crippen LogP contribution >= 0.6 is 0 Å². The molecule has 2 aromatic carbocycles. The zero-order chi connectivity index (χ0) is 39.1. The number of halogens is 1. The largest absolute Gasteiger partial charge is 0.477 e. The molecule has 4 aromatic rings. The van der Waals surface area contributed by atoms with Gasteiger partial charge in [-0.15, -0.1) is 5.10 Å². The number of hydrogen-bond donors (Lipinski definition) is 5. The SMILES string of the molecule is CCn1cc(C(=O)O)c(=O)c2cc(F)c(N3CCN(C(=O)OCc4ccc(NC(=O)C(CCCNC(N)=O)n5cc(C(N)C(C)C)nn5)cc4)CC3)cc21. The normalized spacial score (nSPS) is 14.2. The molecule has 1 aliphatic rings. The standard InChI is InChI=1S/C36H45FN10O7/c1-4-44-18-25(34(50)51)32(48)24-16-26(37)30(17-29(24)44)45-12-14-46(15-13-45)36(53)54-20-22-7-9-23(10-8-22)41-33(49)28(6-5-11-40-35(39)52)47-19-27(42-43-47)31(38)21(2)3/h7-10,16-19,21,28,31H,4-6,11-15,20,38H2,1-3H3,(H,41,49)(H,50,51)(H3,39,40,52). The molecule has 1 saturated heterocycles. The summed E-state index contributed by atoms with van der Waals surface area (Å²) in [6, 6.07) is 7.67. The predicted octanol–water partition coefficient (Wildman–Crippen LogP) is 3.19. The molecule has 54 heavy (non-hydrogen) atoms. The van der Waals surface area contributed by atoms with Crippen molar-refractivity contribution in [1.29, 1.82) is 0 Å². The number of carbonyl (C=O) groups excluding carboxylic acids is 3. The minimum Gasteiger partial charge on any atom is -0.477 e. The van der Waals surface area contributed by atoms with Gasteiger partial charge in [0.25, 0.3) is 0 Å². The van der Waals surface area contributed by atoms with Crippen LogP contribution in [0.4, 0.5) is 25.4 Å². The van der Waals surface area contributed by atoms with Gasteiger partial charge in [0, 0.05) is 56.5 Å². The Bertz CT molecular complexity index is 2060. The number of primary amides is 1. The topological polar surface area (TPSA) is 233 Å². The van der Waals surface area contributed by atoms with E-state index in [1.54, 1.807) is 52.9 Å². The van der Waals surface area contributed by atoms with Gasteiger partial charge in [-0.25, -0.2) is 23.5 Å². The van der Waals surface area contributed by atoms with Gasteiger partial charge in [-0.3, -0.25) is 9.59 Å². The first kappa shape index (κ1) is 39.2. The molecule has 2 aromatic heterocycles. The molecule has 18 heteroatoms. The molecule has 0 aliphatic carbocycles. The first-order chi connectivity index (χ1) is 25.8. The Morgan fingerprint density at radius 2 is 1.76 bits per heavy atom. The molecule has 0 saturated carbocycles. The number of aromatic nitrogens is 4. The van der Waals surface area contributed by atoms with Crippen molar-refractivity contribution < 1.29 is 33.4 Å². The van der Waals surface area contributed by atoms with E-state index in [0.717, 1.165) is 6.07 Å². The summed E-state index contributed by atoms with van der Waals surface area (Å²) in [6.07, 6.45) is 3.16. The van der Waals surface area contributed by atoms with E-state index in [1.165, 1.54) is 15.8 Å². The fourth-order valence-corrected chi connectivity index (χ4v) is 6.16. The highest BCUT2D eigenvalue weighted by Crippen LogP contribution is 2.27. The number of fused-ring (bicyclic) bond motifs is 1. The minimum absolute atomic E-state index is 0.0145. The number of carboxylic acids is 1. The molecular formula is C36H45FN10O7. The third kappa shape index (κ3) is 9.11. The Balaban J connectivity index is 1.16. The van der Waals surface area contributed by atoms with E-state index in [9.17, 15) is 29.1 Å². The average molecular weight is 749 g/mol. The molecule has 0 radical (unpaired) electrons. The van der Waals surface area contributed by atoms with Crippen molar-refractivity contribution in [2.24, 2.45) is 17.4 Å². The van der Waals surface area contributed by atoms with Crippen LogP contribution in [0.25, 0.3) is 10.9 Å². The van der Waals surface area contributed by atoms with Gasteiger partial charge >= 0.3 is 18.1 Å². The Morgan fingerprint density at radius 3 is 2.39 bits per heavy atom. The number of carboxylic acid groups (broad SMARTS) is 1. The van der Waals surface area contributed by atoms with Gasteiger partial charge in [0.05, 0.1) is 29.1 Å². The van der Waals surface area contributed by atoms with Crippen molar-refractivity contribution in [3.63, 3.8) is 0 Å². The number of pyridine rings is 1. The van der Waals surface area contributed by atoms with Crippen LogP contribution in [-0.4, -0.2) is 86.3 Å². The van der Waals surface area contributed by atoms with Gasteiger partial charge in [-0.1, -0.05) is 31.2 Å². The molecule has 1 fully saturated rings. The van der Waals surface area contributed by atoms with Crippen molar-refractivity contribution in [3.05, 3.63) is 81.7 Å². The third-order valence-corrected chi connectivity index (χ3v) is 9.35. The lowest BCUT2D eigenvalue weighted by Gasteiger charge is -2.35. The summed E-state index contributed by atoms with van der Waals surface area (Å²) in [5.74, 6) is -2.27. The average Bonchev–Trinajstić information content (AvgIpc) is 3.63. The van der Waals surface area contributed by atoms with E-state index in [0.29, 0.717) is 54.9 Å². The van der Waals surface area contributed by atoms with E-state index < -0.39 is 40.9 Å². The van der Waals surface area contributed by atoms with E-state index in [-0.39, 0.29) is 55.2 Å². The fourth-order valence-electron chi connectivity index (χ4n) is 6.16. The van der Waals surface area contributed by atoms with Gasteiger partial charge < -0.3 is 46.3 Å². The number of hydrogen-bond acceptors (Lipinski definition) is 10. The maximum atomic E-state index is 15.3. The Hall–Kier alpha value is -6.04. The number of nitrogens with zero attached hydrogens (tertiary/aromatic N) is 6. The third-order valence-electron chi connectivity index (χ3n) is 9.35. The van der Waals surface area contributed by atoms with Crippen LogP contribution in [0.1, 0.15) is 67.3 Å². The lowest BCUT2D eigenvalue weighted by molar-refractivity contribution is -0.119. The van der Waals surface area contributed by atoms with Crippen molar-refractivity contribution in [2.45, 2.75) is 58.8 Å². The molecule has 7 N–H and O–H groups in total. The van der Waals surface area contributed by atoms with E-state index in [4.69, 9.17) is 16.2 Å². The molecule has 2 unspecified atom stereocenters. The summed E-state index contributed by atoms with van der Waals surface area (Å²) in [5.41, 5.74) is 12.6. The van der Waals surface area contributed by atoms with Crippen LogP contribution in [0, 0.1) is 11.7 Å². The minimum atomic E-state index is -1.38. The number of aryl methyl sites for hydroxylation is 1. The van der Waals surface area contributed by atoms with Crippen LogP contribution in [0.2, 0.25) is 0 Å². The highest BCUT2D eigenvalue weighted by atomic mass is 19.1. The number of aromatic carboxylic acids is 1. The van der Waals surface area contributed by atoms with Gasteiger partial charge in [-0.2, -0.15) is 0 Å². The number of urea groups is 1. The maximum Gasteiger partial charge on any atom is 0.410 e. The predicted molar refractivity (Wildman–Crippen MR) is 197 cm³/mol. The smallest absolute Gasteiger partial charge is 0.410 e. The highest BCUT2D eigenvalue weighted by Gasteiger charge is 2.27. The Kier molecular flexibility index (Phi) is 12.5. The molecule has 4 amide bonds. The molecule has 2 atom stereocenters. The van der Waals surface area contributed by atoms with Crippen LogP contribution in [0.5, 0.6) is 0 Å². The van der Waals surface area contributed by atoms with Gasteiger partial charge in [0.2, 0.25) is 11.3 Å².